The Bertz CT molecular complexity index is 1350. The van der Waals surface area contributed by atoms with Crippen LogP contribution in [0, 0.1) is 0 Å². The molecule has 4 aromatic carbocycles. The Morgan fingerprint density at radius 3 is 1.88 bits per heavy atom. The second-order valence-corrected chi connectivity index (χ2v) is 7.78. The van der Waals surface area contributed by atoms with Gasteiger partial charge in [0.05, 0.1) is 11.4 Å². The lowest BCUT2D eigenvalue weighted by Gasteiger charge is -2.14. The molecule has 0 spiro atoms. The third-order valence-electron chi connectivity index (χ3n) is 5.74. The zero-order valence-corrected chi connectivity index (χ0v) is 18.1. The van der Waals surface area contributed by atoms with E-state index in [-0.39, 0.29) is 7.43 Å². The maximum Gasteiger partial charge on any atom is 0.141 e. The lowest BCUT2D eigenvalue weighted by molar-refractivity contribution is 0.778. The number of hydrogen-bond donors (Lipinski definition) is 1. The molecule has 3 nitrogen and oxygen atoms in total. The second kappa shape index (κ2) is 9.58. The van der Waals surface area contributed by atoms with E-state index in [4.69, 9.17) is 10.7 Å². The molecule has 164 valence electrons. The molecule has 0 aliphatic heterocycles. The summed E-state index contributed by atoms with van der Waals surface area (Å²) < 4.78 is 2.32. The third kappa shape index (κ3) is 4.18. The molecular weight excluding hydrogens is 402 g/mol. The van der Waals surface area contributed by atoms with Crippen LogP contribution in [0.1, 0.15) is 14.4 Å². The second-order valence-electron chi connectivity index (χ2n) is 7.78. The molecule has 0 bridgehead atoms. The highest BCUT2D eigenvalue weighted by Gasteiger charge is 2.22. The summed E-state index contributed by atoms with van der Waals surface area (Å²) in [7, 11) is 0. The molecule has 3 heteroatoms. The van der Waals surface area contributed by atoms with Crippen molar-refractivity contribution in [3.05, 3.63) is 109 Å². The minimum absolute atomic E-state index is 0. The van der Waals surface area contributed by atoms with Crippen LogP contribution in [0.2, 0.25) is 0 Å². The first-order chi connectivity index (χ1) is 15.8. The van der Waals surface area contributed by atoms with Crippen LogP contribution in [0.4, 0.5) is 5.69 Å². The first-order valence-electron chi connectivity index (χ1n) is 10.9. The van der Waals surface area contributed by atoms with Gasteiger partial charge in [0.2, 0.25) is 0 Å². The molecule has 5 rings (SSSR count). The molecule has 0 aliphatic carbocycles. The highest BCUT2D eigenvalue weighted by atomic mass is 15.1. The van der Waals surface area contributed by atoms with Crippen molar-refractivity contribution < 1.29 is 0 Å². The molecule has 0 saturated carbocycles. The van der Waals surface area contributed by atoms with E-state index in [1.165, 1.54) is 0 Å². The first kappa shape index (κ1) is 22.1. The van der Waals surface area contributed by atoms with E-state index < -0.39 is 0 Å². The van der Waals surface area contributed by atoms with Gasteiger partial charge in [0.15, 0.2) is 0 Å². The predicted molar refractivity (Wildman–Crippen MR) is 141 cm³/mol. The maximum absolute atomic E-state index is 6.10. The van der Waals surface area contributed by atoms with Gasteiger partial charge in [-0.05, 0) is 30.2 Å². The van der Waals surface area contributed by atoms with E-state index in [0.29, 0.717) is 0 Å². The Hall–Kier alpha value is -4.11. The van der Waals surface area contributed by atoms with Gasteiger partial charge < -0.3 is 10.3 Å². The van der Waals surface area contributed by atoms with Gasteiger partial charge in [0, 0.05) is 28.9 Å². The Balaban J connectivity index is 0.00000259. The topological polar surface area (TPSA) is 43.8 Å². The maximum atomic E-state index is 6.10. The Morgan fingerprint density at radius 2 is 1.24 bits per heavy atom. The minimum atomic E-state index is 0. The van der Waals surface area contributed by atoms with Crippen LogP contribution in [-0.4, -0.2) is 9.55 Å². The number of aromatic nitrogens is 2. The summed E-state index contributed by atoms with van der Waals surface area (Å²) in [5, 5.41) is 0. The van der Waals surface area contributed by atoms with Gasteiger partial charge in [-0.25, -0.2) is 4.98 Å². The molecule has 0 radical (unpaired) electrons. The number of anilines is 1. The van der Waals surface area contributed by atoms with Crippen molar-refractivity contribution in [1.82, 2.24) is 9.55 Å². The van der Waals surface area contributed by atoms with Crippen LogP contribution in [0.25, 0.3) is 45.0 Å². The summed E-state index contributed by atoms with van der Waals surface area (Å²) in [6.07, 6.45) is 0. The number of rotatable bonds is 5. The minimum Gasteiger partial charge on any atom is -0.399 e. The fourth-order valence-electron chi connectivity index (χ4n) is 4.29. The quantitative estimate of drug-likeness (QED) is 0.289. The molecule has 0 fully saturated rings. The van der Waals surface area contributed by atoms with E-state index >= 15 is 0 Å². The average Bonchev–Trinajstić information content (AvgIpc) is 3.25. The summed E-state index contributed by atoms with van der Waals surface area (Å²) in [6, 6.07) is 37.4. The van der Waals surface area contributed by atoms with Crippen molar-refractivity contribution in [3.8, 4) is 45.0 Å². The lowest BCUT2D eigenvalue weighted by atomic mass is 9.98. The number of nitrogen functional groups attached to an aromatic ring is 1. The molecule has 1 aromatic heterocycles. The standard InChI is InChI=1S/C29H25N3.CH4/c1-2-32-28(22-14-7-4-8-15-22)27(21-12-5-3-6-13-21)31-29(32)26-19-10-9-18-25(26)23-16-11-17-24(30)20-23;/h3-20H,2,30H2,1H3;1H4. The van der Waals surface area contributed by atoms with Crippen molar-refractivity contribution in [2.45, 2.75) is 20.9 Å². The van der Waals surface area contributed by atoms with Crippen molar-refractivity contribution in [3.63, 3.8) is 0 Å². The fraction of sp³-hybridized carbons (Fsp3) is 0.100. The van der Waals surface area contributed by atoms with Crippen molar-refractivity contribution >= 4 is 5.69 Å². The largest absolute Gasteiger partial charge is 0.399 e. The zero-order chi connectivity index (χ0) is 21.9. The van der Waals surface area contributed by atoms with Crippen molar-refractivity contribution in [2.75, 3.05) is 5.73 Å². The average molecular weight is 432 g/mol. The smallest absolute Gasteiger partial charge is 0.141 e. The number of nitrogens with zero attached hydrogens (tertiary/aromatic N) is 2. The number of nitrogens with two attached hydrogens (primary N) is 1. The normalized spacial score (nSPS) is 10.6. The van der Waals surface area contributed by atoms with Gasteiger partial charge in [-0.15, -0.1) is 0 Å². The zero-order valence-electron chi connectivity index (χ0n) is 18.1. The number of imidazole rings is 1. The molecule has 5 aromatic rings. The van der Waals surface area contributed by atoms with E-state index in [1.807, 2.05) is 30.3 Å². The number of benzene rings is 4. The van der Waals surface area contributed by atoms with Crippen LogP contribution in [0.3, 0.4) is 0 Å². The van der Waals surface area contributed by atoms with Crippen molar-refractivity contribution in [2.24, 2.45) is 0 Å². The molecular formula is C30H29N3. The van der Waals surface area contributed by atoms with Crippen LogP contribution < -0.4 is 5.73 Å². The molecule has 0 amide bonds. The predicted octanol–water partition coefficient (Wildman–Crippen LogP) is 7.79. The summed E-state index contributed by atoms with van der Waals surface area (Å²) in [5.41, 5.74) is 14.6. The number of hydrogen-bond acceptors (Lipinski definition) is 2. The fourth-order valence-corrected chi connectivity index (χ4v) is 4.29. The molecule has 0 saturated heterocycles. The lowest BCUT2D eigenvalue weighted by Crippen LogP contribution is -2.01. The Labute approximate surface area is 196 Å². The first-order valence-corrected chi connectivity index (χ1v) is 10.9. The molecule has 1 heterocycles. The van der Waals surface area contributed by atoms with Gasteiger partial charge in [0.1, 0.15) is 5.82 Å². The summed E-state index contributed by atoms with van der Waals surface area (Å²) in [5.74, 6) is 0.961. The van der Waals surface area contributed by atoms with Crippen LogP contribution in [0.15, 0.2) is 109 Å². The van der Waals surface area contributed by atoms with E-state index in [0.717, 1.165) is 57.3 Å². The van der Waals surface area contributed by atoms with Gasteiger partial charge in [-0.3, -0.25) is 0 Å². The van der Waals surface area contributed by atoms with E-state index in [1.54, 1.807) is 0 Å². The summed E-state index contributed by atoms with van der Waals surface area (Å²) in [4.78, 5) is 5.24. The SMILES string of the molecule is C.CCn1c(-c2ccccc2-c2cccc(N)c2)nc(-c2ccccc2)c1-c1ccccc1. The monoisotopic (exact) mass is 431 g/mol. The van der Waals surface area contributed by atoms with Gasteiger partial charge in [-0.2, -0.15) is 0 Å². The summed E-state index contributed by atoms with van der Waals surface area (Å²) in [6.45, 7) is 2.99. The summed E-state index contributed by atoms with van der Waals surface area (Å²) >= 11 is 0. The van der Waals surface area contributed by atoms with Crippen LogP contribution in [0.5, 0.6) is 0 Å². The third-order valence-corrected chi connectivity index (χ3v) is 5.74. The van der Waals surface area contributed by atoms with E-state index in [2.05, 4.69) is 90.4 Å². The van der Waals surface area contributed by atoms with Gasteiger partial charge in [0.25, 0.3) is 0 Å². The highest BCUT2D eigenvalue weighted by molar-refractivity contribution is 5.87. The molecule has 0 atom stereocenters. The van der Waals surface area contributed by atoms with Crippen molar-refractivity contribution in [1.29, 1.82) is 0 Å². The molecule has 2 N–H and O–H groups in total. The van der Waals surface area contributed by atoms with Gasteiger partial charge in [-0.1, -0.05) is 104 Å². The molecule has 0 aliphatic rings. The molecule has 0 unspecified atom stereocenters. The van der Waals surface area contributed by atoms with Gasteiger partial charge >= 0.3 is 0 Å². The Kier molecular flexibility index (Phi) is 6.41. The van der Waals surface area contributed by atoms with Crippen LogP contribution >= 0.6 is 0 Å². The van der Waals surface area contributed by atoms with E-state index in [9.17, 15) is 0 Å². The molecule has 33 heavy (non-hydrogen) atoms. The highest BCUT2D eigenvalue weighted by Crippen LogP contribution is 2.39. The van der Waals surface area contributed by atoms with Crippen LogP contribution in [-0.2, 0) is 6.54 Å². The Morgan fingerprint density at radius 1 is 0.667 bits per heavy atom.